The molecule has 0 bridgehead atoms. The molecule has 0 aliphatic heterocycles. The molecule has 0 aliphatic rings. The molecule has 2 rings (SSSR count). The molecule has 26 heavy (non-hydrogen) atoms. The number of benzene rings is 2. The van der Waals surface area contributed by atoms with E-state index in [1.807, 2.05) is 25.1 Å². The number of carbonyl (C=O) groups excluding carboxylic acids is 2. The quantitative estimate of drug-likeness (QED) is 0.742. The van der Waals surface area contributed by atoms with Gasteiger partial charge in [0.25, 0.3) is 5.91 Å². The van der Waals surface area contributed by atoms with Crippen molar-refractivity contribution in [2.75, 3.05) is 25.6 Å². The second kappa shape index (κ2) is 9.10. The van der Waals surface area contributed by atoms with Crippen molar-refractivity contribution in [1.82, 2.24) is 0 Å². The normalized spacial score (nSPS) is 10.2. The van der Waals surface area contributed by atoms with Gasteiger partial charge >= 0.3 is 5.97 Å². The number of para-hydroxylation sites is 1. The topological polar surface area (TPSA) is 73.9 Å². The van der Waals surface area contributed by atoms with E-state index in [1.165, 1.54) is 19.2 Å². The minimum atomic E-state index is -0.549. The van der Waals surface area contributed by atoms with Gasteiger partial charge in [0.15, 0.2) is 6.61 Å². The van der Waals surface area contributed by atoms with Crippen LogP contribution in [-0.4, -0.2) is 32.2 Å². The van der Waals surface area contributed by atoms with Crippen molar-refractivity contribution in [3.63, 3.8) is 0 Å². The predicted octanol–water partition coefficient (Wildman–Crippen LogP) is 3.85. The number of esters is 1. The molecule has 0 spiro atoms. The molecule has 0 fully saturated rings. The van der Waals surface area contributed by atoms with E-state index in [4.69, 9.17) is 25.8 Å². The van der Waals surface area contributed by atoms with Crippen molar-refractivity contribution >= 4 is 29.2 Å². The van der Waals surface area contributed by atoms with Crippen LogP contribution in [0, 0.1) is 6.92 Å². The first-order valence-electron chi connectivity index (χ1n) is 7.99. The summed E-state index contributed by atoms with van der Waals surface area (Å²) < 4.78 is 15.7. The van der Waals surface area contributed by atoms with Gasteiger partial charge in [-0.05, 0) is 31.5 Å². The van der Waals surface area contributed by atoms with E-state index in [9.17, 15) is 9.59 Å². The molecular weight excluding hydrogens is 358 g/mol. The van der Waals surface area contributed by atoms with Crippen LogP contribution in [0.5, 0.6) is 11.5 Å². The molecule has 0 heterocycles. The third-order valence-corrected chi connectivity index (χ3v) is 3.82. The first kappa shape index (κ1) is 19.6. The number of amides is 1. The van der Waals surface area contributed by atoms with Gasteiger partial charge in [0, 0.05) is 6.07 Å². The Bertz CT molecular complexity index is 807. The first-order valence-corrected chi connectivity index (χ1v) is 8.37. The number of anilines is 1. The SMILES string of the molecule is CCOC(=O)c1cc(Cl)c(NC(=O)COc2ccccc2C)cc1OC. The highest BCUT2D eigenvalue weighted by molar-refractivity contribution is 6.34. The summed E-state index contributed by atoms with van der Waals surface area (Å²) in [4.78, 5) is 24.1. The maximum Gasteiger partial charge on any atom is 0.341 e. The second-order valence-corrected chi connectivity index (χ2v) is 5.76. The highest BCUT2D eigenvalue weighted by Crippen LogP contribution is 2.31. The molecule has 0 aliphatic carbocycles. The van der Waals surface area contributed by atoms with Gasteiger partial charge in [0.05, 0.1) is 24.4 Å². The smallest absolute Gasteiger partial charge is 0.341 e. The number of hydrogen-bond donors (Lipinski definition) is 1. The fourth-order valence-corrected chi connectivity index (χ4v) is 2.45. The second-order valence-electron chi connectivity index (χ2n) is 5.36. The Kier molecular flexibility index (Phi) is 6.86. The van der Waals surface area contributed by atoms with Crippen molar-refractivity contribution < 1.29 is 23.8 Å². The molecule has 1 amide bonds. The summed E-state index contributed by atoms with van der Waals surface area (Å²) in [6.07, 6.45) is 0. The zero-order chi connectivity index (χ0) is 19.1. The van der Waals surface area contributed by atoms with Gasteiger partial charge in [-0.25, -0.2) is 4.79 Å². The molecule has 0 radical (unpaired) electrons. The van der Waals surface area contributed by atoms with Crippen LogP contribution < -0.4 is 14.8 Å². The Morgan fingerprint density at radius 1 is 1.15 bits per heavy atom. The lowest BCUT2D eigenvalue weighted by Gasteiger charge is -2.13. The maximum atomic E-state index is 12.1. The van der Waals surface area contributed by atoms with Gasteiger partial charge in [-0.1, -0.05) is 29.8 Å². The molecule has 6 nitrogen and oxygen atoms in total. The number of ether oxygens (including phenoxy) is 3. The van der Waals surface area contributed by atoms with Gasteiger partial charge < -0.3 is 19.5 Å². The lowest BCUT2D eigenvalue weighted by Crippen LogP contribution is -2.21. The molecule has 1 N–H and O–H groups in total. The van der Waals surface area contributed by atoms with Crippen molar-refractivity contribution in [3.05, 3.63) is 52.5 Å². The van der Waals surface area contributed by atoms with Crippen LogP contribution in [0.1, 0.15) is 22.8 Å². The third kappa shape index (κ3) is 4.89. The van der Waals surface area contributed by atoms with Crippen LogP contribution in [0.25, 0.3) is 0 Å². The van der Waals surface area contributed by atoms with E-state index in [0.717, 1.165) is 5.56 Å². The Morgan fingerprint density at radius 2 is 1.88 bits per heavy atom. The van der Waals surface area contributed by atoms with Crippen molar-refractivity contribution in [2.24, 2.45) is 0 Å². The van der Waals surface area contributed by atoms with E-state index in [-0.39, 0.29) is 35.5 Å². The fraction of sp³-hybridized carbons (Fsp3) is 0.263. The number of methoxy groups -OCH3 is 1. The summed E-state index contributed by atoms with van der Waals surface area (Å²) in [5.74, 6) is -0.0555. The zero-order valence-corrected chi connectivity index (χ0v) is 15.6. The zero-order valence-electron chi connectivity index (χ0n) is 14.8. The van der Waals surface area contributed by atoms with Crippen LogP contribution in [0.4, 0.5) is 5.69 Å². The summed E-state index contributed by atoms with van der Waals surface area (Å²) in [6, 6.07) is 10.3. The summed E-state index contributed by atoms with van der Waals surface area (Å²) >= 11 is 6.17. The fourth-order valence-electron chi connectivity index (χ4n) is 2.23. The lowest BCUT2D eigenvalue weighted by molar-refractivity contribution is -0.118. The molecule has 0 unspecified atom stereocenters. The van der Waals surface area contributed by atoms with Crippen molar-refractivity contribution in [3.8, 4) is 11.5 Å². The van der Waals surface area contributed by atoms with Gasteiger partial charge in [-0.3, -0.25) is 4.79 Å². The minimum Gasteiger partial charge on any atom is -0.496 e. The van der Waals surface area contributed by atoms with Gasteiger partial charge in [0.1, 0.15) is 17.1 Å². The van der Waals surface area contributed by atoms with Gasteiger partial charge in [-0.2, -0.15) is 0 Å². The predicted molar refractivity (Wildman–Crippen MR) is 99.3 cm³/mol. The summed E-state index contributed by atoms with van der Waals surface area (Å²) in [6.45, 7) is 3.65. The van der Waals surface area contributed by atoms with Crippen LogP contribution in [0.3, 0.4) is 0 Å². The van der Waals surface area contributed by atoms with E-state index < -0.39 is 5.97 Å². The van der Waals surface area contributed by atoms with Crippen LogP contribution in [0.15, 0.2) is 36.4 Å². The molecule has 2 aromatic carbocycles. The molecular formula is C19H20ClNO5. The Hall–Kier alpha value is -2.73. The maximum absolute atomic E-state index is 12.1. The number of hydrogen-bond acceptors (Lipinski definition) is 5. The van der Waals surface area contributed by atoms with E-state index in [2.05, 4.69) is 5.32 Å². The number of carbonyl (C=O) groups is 2. The third-order valence-electron chi connectivity index (χ3n) is 3.51. The molecule has 0 atom stereocenters. The van der Waals surface area contributed by atoms with E-state index in [1.54, 1.807) is 13.0 Å². The lowest BCUT2D eigenvalue weighted by atomic mass is 10.1. The molecule has 7 heteroatoms. The summed E-state index contributed by atoms with van der Waals surface area (Å²) in [5, 5.41) is 2.84. The largest absolute Gasteiger partial charge is 0.496 e. The molecule has 0 saturated heterocycles. The molecule has 138 valence electrons. The van der Waals surface area contributed by atoms with Crippen molar-refractivity contribution in [2.45, 2.75) is 13.8 Å². The summed E-state index contributed by atoms with van der Waals surface area (Å²) in [5.41, 5.74) is 1.43. The number of rotatable bonds is 7. The number of halogens is 1. The number of nitrogens with one attached hydrogen (secondary N) is 1. The average molecular weight is 378 g/mol. The van der Waals surface area contributed by atoms with E-state index in [0.29, 0.717) is 11.4 Å². The number of aryl methyl sites for hydroxylation is 1. The first-order chi connectivity index (χ1) is 12.5. The van der Waals surface area contributed by atoms with Crippen LogP contribution in [0.2, 0.25) is 5.02 Å². The molecule has 0 saturated carbocycles. The van der Waals surface area contributed by atoms with Gasteiger partial charge in [0.2, 0.25) is 0 Å². The molecule has 0 aromatic heterocycles. The van der Waals surface area contributed by atoms with Gasteiger partial charge in [-0.15, -0.1) is 0 Å². The summed E-state index contributed by atoms with van der Waals surface area (Å²) in [7, 11) is 1.42. The highest BCUT2D eigenvalue weighted by Gasteiger charge is 2.18. The average Bonchev–Trinajstić information content (AvgIpc) is 2.62. The Labute approximate surface area is 157 Å². The van der Waals surface area contributed by atoms with Crippen LogP contribution >= 0.6 is 11.6 Å². The molecule has 2 aromatic rings. The standard InChI is InChI=1S/C19H20ClNO5/c1-4-25-19(23)13-9-14(20)15(10-17(13)24-3)21-18(22)11-26-16-8-6-5-7-12(16)2/h5-10H,4,11H2,1-3H3,(H,21,22). The van der Waals surface area contributed by atoms with Crippen LogP contribution in [-0.2, 0) is 9.53 Å². The minimum absolute atomic E-state index is 0.177. The Balaban J connectivity index is 2.10. The van der Waals surface area contributed by atoms with Crippen molar-refractivity contribution in [1.29, 1.82) is 0 Å². The Morgan fingerprint density at radius 3 is 2.54 bits per heavy atom. The van der Waals surface area contributed by atoms with E-state index >= 15 is 0 Å². The highest BCUT2D eigenvalue weighted by atomic mass is 35.5. The monoisotopic (exact) mass is 377 g/mol.